The van der Waals surface area contributed by atoms with E-state index < -0.39 is 48.3 Å². The van der Waals surface area contributed by atoms with Crippen LogP contribution in [0.2, 0.25) is 0 Å². The number of piperidine rings is 1. The van der Waals surface area contributed by atoms with Gasteiger partial charge in [-0.25, -0.2) is 0 Å². The van der Waals surface area contributed by atoms with Crippen molar-refractivity contribution in [2.75, 3.05) is 55.0 Å². The van der Waals surface area contributed by atoms with Gasteiger partial charge in [-0.05, 0) is 71.5 Å². The van der Waals surface area contributed by atoms with Gasteiger partial charge in [0.15, 0.2) is 0 Å². The van der Waals surface area contributed by atoms with Gasteiger partial charge >= 0.3 is 0 Å². The van der Waals surface area contributed by atoms with Gasteiger partial charge in [0.05, 0.1) is 48.8 Å². The van der Waals surface area contributed by atoms with Crippen molar-refractivity contribution in [2.24, 2.45) is 17.8 Å². The maximum absolute atomic E-state index is 14.1. The fraction of sp³-hybridized carbons (Fsp3) is 0.892. The lowest BCUT2D eigenvalue weighted by molar-refractivity contribution is -0.149. The van der Waals surface area contributed by atoms with Crippen molar-refractivity contribution in [2.45, 2.75) is 141 Å². The van der Waals surface area contributed by atoms with Crippen molar-refractivity contribution in [3.63, 3.8) is 0 Å². The first-order valence-corrected chi connectivity index (χ1v) is 18.9. The molecule has 290 valence electrons. The average molecular weight is 711 g/mol. The van der Waals surface area contributed by atoms with Gasteiger partial charge in [0.25, 0.3) is 0 Å². The summed E-state index contributed by atoms with van der Waals surface area (Å²) < 4.78 is 11.9. The molecule has 2 aliphatic heterocycles. The first-order chi connectivity index (χ1) is 23.6. The van der Waals surface area contributed by atoms with Gasteiger partial charge in [-0.15, -0.1) is 0 Å². The SMILES string of the molecule is CCC(C)C(C(CC(=O)N1CCC[C@H]1C(OC)C(C)C(=O)NCCC1CCCCN1)OC)N(C)C(=O)C(NC(=O)C(C(C)C)N(C)C)C(C)O. The van der Waals surface area contributed by atoms with E-state index in [0.29, 0.717) is 25.6 Å². The molecule has 50 heavy (non-hydrogen) atoms. The highest BCUT2D eigenvalue weighted by Gasteiger charge is 2.43. The third-order valence-electron chi connectivity index (χ3n) is 11.0. The molecule has 0 bridgehead atoms. The topological polar surface area (TPSA) is 153 Å². The molecule has 0 spiro atoms. The molecule has 0 aromatic rings. The molecular formula is C37H70N6O7. The summed E-state index contributed by atoms with van der Waals surface area (Å²) in [6, 6.07) is -2.02. The Balaban J connectivity index is 2.19. The number of carbonyl (C=O) groups is 4. The molecule has 4 N–H and O–H groups in total. The molecule has 0 radical (unpaired) electrons. The number of nitrogens with one attached hydrogen (secondary N) is 3. The first kappa shape index (κ1) is 43.8. The molecule has 10 atom stereocenters. The highest BCUT2D eigenvalue weighted by Crippen LogP contribution is 2.29. The third-order valence-corrected chi connectivity index (χ3v) is 11.0. The van der Waals surface area contributed by atoms with E-state index in [0.717, 1.165) is 32.2 Å². The van der Waals surface area contributed by atoms with E-state index in [4.69, 9.17) is 9.47 Å². The molecule has 13 nitrogen and oxygen atoms in total. The summed E-state index contributed by atoms with van der Waals surface area (Å²) >= 11 is 0. The van der Waals surface area contributed by atoms with Gasteiger partial charge in [-0.2, -0.15) is 0 Å². The molecule has 2 saturated heterocycles. The van der Waals surface area contributed by atoms with E-state index in [1.807, 2.05) is 39.5 Å². The summed E-state index contributed by atoms with van der Waals surface area (Å²) in [4.78, 5) is 59.7. The van der Waals surface area contributed by atoms with Gasteiger partial charge in [-0.1, -0.05) is 47.5 Å². The maximum Gasteiger partial charge on any atom is 0.247 e. The van der Waals surface area contributed by atoms with Crippen LogP contribution in [-0.2, 0) is 28.7 Å². The number of nitrogens with zero attached hydrogens (tertiary/aromatic N) is 3. The van der Waals surface area contributed by atoms with Crippen molar-refractivity contribution in [1.82, 2.24) is 30.7 Å². The van der Waals surface area contributed by atoms with E-state index in [-0.39, 0.29) is 42.0 Å². The molecule has 2 fully saturated rings. The predicted octanol–water partition coefficient (Wildman–Crippen LogP) is 2.01. The number of aliphatic hydroxyl groups excluding tert-OH is 1. The first-order valence-electron chi connectivity index (χ1n) is 18.9. The Morgan fingerprint density at radius 3 is 2.16 bits per heavy atom. The van der Waals surface area contributed by atoms with Crippen LogP contribution in [0.25, 0.3) is 0 Å². The Kier molecular flexibility index (Phi) is 18.6. The van der Waals surface area contributed by atoms with Gasteiger partial charge < -0.3 is 40.3 Å². The summed E-state index contributed by atoms with van der Waals surface area (Å²) in [5.41, 5.74) is 0. The van der Waals surface area contributed by atoms with Crippen LogP contribution in [0.15, 0.2) is 0 Å². The number of hydrogen-bond acceptors (Lipinski definition) is 9. The number of hydrogen-bond donors (Lipinski definition) is 4. The molecule has 13 heteroatoms. The highest BCUT2D eigenvalue weighted by atomic mass is 16.5. The Labute approximate surface area is 301 Å². The molecule has 4 amide bonds. The zero-order valence-electron chi connectivity index (χ0n) is 32.9. The normalized spacial score (nSPS) is 23.0. The van der Waals surface area contributed by atoms with Gasteiger partial charge in [0.2, 0.25) is 23.6 Å². The second-order valence-corrected chi connectivity index (χ2v) is 15.2. The zero-order chi connectivity index (χ0) is 37.7. The van der Waals surface area contributed by atoms with Gasteiger partial charge in [0.1, 0.15) is 6.04 Å². The number of methoxy groups -OCH3 is 2. The standard InChI is InChI=1S/C37H70N6O7/c1-12-24(4)33(42(9)37(48)31(26(6)44)40-36(47)32(23(2)3)41(7)8)29(49-10)22-30(45)43-21-15-17-28(43)34(50-11)25(5)35(46)39-20-18-27-16-13-14-19-38-27/h23-29,31-34,38,44H,12-22H2,1-11H3,(H,39,46)(H,40,47)/t24?,25?,26?,27?,28-,29?,31?,32?,33?,34?/m0/s1. The molecule has 0 saturated carbocycles. The van der Waals surface area contributed by atoms with Crippen LogP contribution < -0.4 is 16.0 Å². The van der Waals surface area contributed by atoms with Gasteiger partial charge in [-0.3, -0.25) is 24.1 Å². The van der Waals surface area contributed by atoms with E-state index in [9.17, 15) is 24.3 Å². The fourth-order valence-electron chi connectivity index (χ4n) is 7.99. The predicted molar refractivity (Wildman–Crippen MR) is 195 cm³/mol. The number of ether oxygens (including phenoxy) is 2. The Hall–Kier alpha value is -2.32. The van der Waals surface area contributed by atoms with Gasteiger partial charge in [0, 0.05) is 40.4 Å². The van der Waals surface area contributed by atoms with Crippen molar-refractivity contribution < 1.29 is 33.8 Å². The molecule has 0 aliphatic carbocycles. The number of rotatable bonds is 20. The Morgan fingerprint density at radius 2 is 1.64 bits per heavy atom. The quantitative estimate of drug-likeness (QED) is 0.149. The second kappa shape index (κ2) is 21.3. The molecule has 2 heterocycles. The Morgan fingerprint density at radius 1 is 0.960 bits per heavy atom. The molecule has 9 unspecified atom stereocenters. The smallest absolute Gasteiger partial charge is 0.247 e. The minimum atomic E-state index is -1.18. The van der Waals surface area contributed by atoms with Crippen LogP contribution in [0.1, 0.15) is 92.9 Å². The third kappa shape index (κ3) is 11.9. The fourth-order valence-corrected chi connectivity index (χ4v) is 7.99. The maximum atomic E-state index is 14.1. The summed E-state index contributed by atoms with van der Waals surface area (Å²) in [5, 5.41) is 20.1. The van der Waals surface area contributed by atoms with Crippen LogP contribution in [0.5, 0.6) is 0 Å². The lowest BCUT2D eigenvalue weighted by atomic mass is 9.89. The minimum absolute atomic E-state index is 0.0162. The minimum Gasteiger partial charge on any atom is -0.391 e. The summed E-state index contributed by atoms with van der Waals surface area (Å²) in [6.07, 6.45) is 4.39. The van der Waals surface area contributed by atoms with Crippen LogP contribution in [-0.4, -0.2) is 147 Å². The highest BCUT2D eigenvalue weighted by molar-refractivity contribution is 5.90. The number of amides is 4. The van der Waals surface area contributed by atoms with E-state index in [1.165, 1.54) is 24.7 Å². The molecule has 2 aliphatic rings. The van der Waals surface area contributed by atoms with Crippen LogP contribution in [0.4, 0.5) is 0 Å². The summed E-state index contributed by atoms with van der Waals surface area (Å²) in [6.45, 7) is 13.4. The van der Waals surface area contributed by atoms with E-state index >= 15 is 0 Å². The monoisotopic (exact) mass is 711 g/mol. The number of likely N-dealkylation sites (N-methyl/N-ethyl adjacent to an activating group) is 2. The van der Waals surface area contributed by atoms with Crippen LogP contribution in [0, 0.1) is 17.8 Å². The Bertz CT molecular complexity index is 1060. The number of aliphatic hydroxyl groups is 1. The van der Waals surface area contributed by atoms with Crippen molar-refractivity contribution in [3.05, 3.63) is 0 Å². The summed E-state index contributed by atoms with van der Waals surface area (Å²) in [5.74, 6) is -1.53. The van der Waals surface area contributed by atoms with Crippen molar-refractivity contribution in [3.8, 4) is 0 Å². The summed E-state index contributed by atoms with van der Waals surface area (Å²) in [7, 11) is 8.39. The average Bonchev–Trinajstić information content (AvgIpc) is 3.56. The largest absolute Gasteiger partial charge is 0.391 e. The van der Waals surface area contributed by atoms with Crippen LogP contribution in [0.3, 0.4) is 0 Å². The second-order valence-electron chi connectivity index (χ2n) is 15.2. The lowest BCUT2D eigenvalue weighted by Gasteiger charge is -2.41. The van der Waals surface area contributed by atoms with E-state index in [2.05, 4.69) is 16.0 Å². The number of likely N-dealkylation sites (tertiary alicyclic amines) is 1. The van der Waals surface area contributed by atoms with Crippen molar-refractivity contribution in [1.29, 1.82) is 0 Å². The number of carbonyl (C=O) groups excluding carboxylic acids is 4. The molecule has 0 aromatic heterocycles. The lowest BCUT2D eigenvalue weighted by Crippen LogP contribution is -2.61. The molecule has 2 rings (SSSR count). The zero-order valence-corrected chi connectivity index (χ0v) is 32.9. The molecule has 0 aromatic carbocycles. The van der Waals surface area contributed by atoms with Crippen molar-refractivity contribution >= 4 is 23.6 Å². The van der Waals surface area contributed by atoms with Crippen LogP contribution >= 0.6 is 0 Å². The van der Waals surface area contributed by atoms with E-state index in [1.54, 1.807) is 40.3 Å². The molecular weight excluding hydrogens is 640 g/mol.